The van der Waals surface area contributed by atoms with Gasteiger partial charge in [-0.2, -0.15) is 13.2 Å². The van der Waals surface area contributed by atoms with Gasteiger partial charge in [-0.15, -0.1) is 0 Å². The Morgan fingerprint density at radius 2 is 1.94 bits per heavy atom. The monoisotopic (exact) mass is 259 g/mol. The highest BCUT2D eigenvalue weighted by Crippen LogP contribution is 2.29. The lowest BCUT2D eigenvalue weighted by atomic mass is 10.1. The molecule has 3 nitrogen and oxygen atoms in total. The SMILES string of the molecule is CC(=O)CC(=O)NCc1cccc(C(F)(F)F)c1. The molecule has 18 heavy (non-hydrogen) atoms. The maximum absolute atomic E-state index is 12.4. The smallest absolute Gasteiger partial charge is 0.352 e. The molecule has 1 aromatic carbocycles. The average molecular weight is 259 g/mol. The zero-order valence-electron chi connectivity index (χ0n) is 9.67. The first-order valence-electron chi connectivity index (χ1n) is 5.21. The molecule has 0 fully saturated rings. The van der Waals surface area contributed by atoms with Crippen molar-refractivity contribution in [3.63, 3.8) is 0 Å². The van der Waals surface area contributed by atoms with E-state index in [9.17, 15) is 22.8 Å². The number of rotatable bonds is 4. The Labute approximate surface area is 102 Å². The summed E-state index contributed by atoms with van der Waals surface area (Å²) in [6, 6.07) is 4.67. The van der Waals surface area contributed by atoms with Crippen LogP contribution < -0.4 is 5.32 Å². The predicted molar refractivity (Wildman–Crippen MR) is 58.6 cm³/mol. The van der Waals surface area contributed by atoms with Gasteiger partial charge in [-0.05, 0) is 24.6 Å². The molecule has 0 radical (unpaired) electrons. The van der Waals surface area contributed by atoms with Crippen LogP contribution in [0.4, 0.5) is 13.2 Å². The van der Waals surface area contributed by atoms with Gasteiger partial charge in [-0.25, -0.2) is 0 Å². The van der Waals surface area contributed by atoms with Gasteiger partial charge in [0.1, 0.15) is 5.78 Å². The Hall–Kier alpha value is -1.85. The Morgan fingerprint density at radius 1 is 1.28 bits per heavy atom. The van der Waals surface area contributed by atoms with Gasteiger partial charge in [0.15, 0.2) is 0 Å². The van der Waals surface area contributed by atoms with Gasteiger partial charge >= 0.3 is 6.18 Å². The molecule has 1 N–H and O–H groups in total. The van der Waals surface area contributed by atoms with Gasteiger partial charge < -0.3 is 5.32 Å². The summed E-state index contributed by atoms with van der Waals surface area (Å²) >= 11 is 0. The maximum atomic E-state index is 12.4. The standard InChI is InChI=1S/C12H12F3NO2/c1-8(17)5-11(18)16-7-9-3-2-4-10(6-9)12(13,14)15/h2-4,6H,5,7H2,1H3,(H,16,18). The lowest BCUT2D eigenvalue weighted by Crippen LogP contribution is -2.24. The van der Waals surface area contributed by atoms with Crippen LogP contribution in [-0.2, 0) is 22.3 Å². The van der Waals surface area contributed by atoms with E-state index in [1.807, 2.05) is 0 Å². The first-order valence-corrected chi connectivity index (χ1v) is 5.21. The number of alkyl halides is 3. The third-order valence-corrected chi connectivity index (χ3v) is 2.15. The first kappa shape index (κ1) is 14.2. The van der Waals surface area contributed by atoms with E-state index >= 15 is 0 Å². The summed E-state index contributed by atoms with van der Waals surface area (Å²) in [5, 5.41) is 2.38. The number of hydrogen-bond acceptors (Lipinski definition) is 2. The second-order valence-electron chi connectivity index (χ2n) is 3.85. The molecule has 6 heteroatoms. The molecule has 0 heterocycles. The van der Waals surface area contributed by atoms with Crippen molar-refractivity contribution in [2.75, 3.05) is 0 Å². The highest BCUT2D eigenvalue weighted by Gasteiger charge is 2.30. The number of benzene rings is 1. The summed E-state index contributed by atoms with van der Waals surface area (Å²) in [5.41, 5.74) is -0.428. The summed E-state index contributed by atoms with van der Waals surface area (Å²) in [7, 11) is 0. The first-order chi connectivity index (χ1) is 8.29. The summed E-state index contributed by atoms with van der Waals surface area (Å²) in [6.45, 7) is 1.24. The molecule has 0 bridgehead atoms. The van der Waals surface area contributed by atoms with Gasteiger partial charge in [0, 0.05) is 6.54 Å². The molecule has 98 valence electrons. The Balaban J connectivity index is 2.63. The fourth-order valence-corrected chi connectivity index (χ4v) is 1.35. The number of Topliss-reactive ketones (excluding diaryl/α,β-unsaturated/α-hetero) is 1. The fraction of sp³-hybridized carbons (Fsp3) is 0.333. The molecule has 0 aromatic heterocycles. The van der Waals surface area contributed by atoms with E-state index in [0.29, 0.717) is 5.56 Å². The number of hydrogen-bond donors (Lipinski definition) is 1. The van der Waals surface area contributed by atoms with Crippen molar-refractivity contribution in [3.05, 3.63) is 35.4 Å². The molecule has 0 aliphatic carbocycles. The molecule has 0 saturated carbocycles. The van der Waals surface area contributed by atoms with Crippen molar-refractivity contribution >= 4 is 11.7 Å². The average Bonchev–Trinajstić information content (AvgIpc) is 2.25. The minimum Gasteiger partial charge on any atom is -0.352 e. The van der Waals surface area contributed by atoms with E-state index in [1.54, 1.807) is 0 Å². The van der Waals surface area contributed by atoms with Gasteiger partial charge in [-0.1, -0.05) is 12.1 Å². The van der Waals surface area contributed by atoms with Gasteiger partial charge in [0.2, 0.25) is 5.91 Å². The molecule has 1 aromatic rings. The van der Waals surface area contributed by atoms with Crippen LogP contribution in [0.25, 0.3) is 0 Å². The van der Waals surface area contributed by atoms with Crippen LogP contribution in [0.5, 0.6) is 0 Å². The maximum Gasteiger partial charge on any atom is 0.416 e. The minimum atomic E-state index is -4.40. The van der Waals surface area contributed by atoms with E-state index in [4.69, 9.17) is 0 Å². The fourth-order valence-electron chi connectivity index (χ4n) is 1.35. The normalized spacial score (nSPS) is 11.1. The lowest BCUT2D eigenvalue weighted by Gasteiger charge is -2.09. The van der Waals surface area contributed by atoms with Crippen molar-refractivity contribution < 1.29 is 22.8 Å². The van der Waals surface area contributed by atoms with Crippen LogP contribution >= 0.6 is 0 Å². The third-order valence-electron chi connectivity index (χ3n) is 2.15. The number of halogens is 3. The van der Waals surface area contributed by atoms with Gasteiger partial charge in [-0.3, -0.25) is 9.59 Å². The van der Waals surface area contributed by atoms with Crippen molar-refractivity contribution in [2.45, 2.75) is 26.1 Å². The Bertz CT molecular complexity index is 455. The molecule has 0 atom stereocenters. The molecule has 0 saturated heterocycles. The molecule has 0 aliphatic rings. The highest BCUT2D eigenvalue weighted by molar-refractivity contribution is 5.96. The van der Waals surface area contributed by atoms with Crippen molar-refractivity contribution in [1.82, 2.24) is 5.32 Å². The van der Waals surface area contributed by atoms with E-state index < -0.39 is 17.6 Å². The molecular weight excluding hydrogens is 247 g/mol. The second kappa shape index (κ2) is 5.66. The number of ketones is 1. The summed E-state index contributed by atoms with van der Waals surface area (Å²) in [6.07, 6.45) is -4.67. The van der Waals surface area contributed by atoms with E-state index in [0.717, 1.165) is 12.1 Å². The van der Waals surface area contributed by atoms with Crippen molar-refractivity contribution in [2.24, 2.45) is 0 Å². The van der Waals surface area contributed by atoms with Crippen LogP contribution in [0.1, 0.15) is 24.5 Å². The lowest BCUT2D eigenvalue weighted by molar-refractivity contribution is -0.137. The molecule has 1 rings (SSSR count). The summed E-state index contributed by atoms with van der Waals surface area (Å²) in [4.78, 5) is 21.8. The van der Waals surface area contributed by atoms with Crippen LogP contribution in [0, 0.1) is 0 Å². The molecule has 0 spiro atoms. The number of amides is 1. The summed E-state index contributed by atoms with van der Waals surface area (Å²) < 4.78 is 37.2. The van der Waals surface area contributed by atoms with E-state index in [1.165, 1.54) is 19.1 Å². The Morgan fingerprint density at radius 3 is 2.50 bits per heavy atom. The van der Waals surface area contributed by atoms with Crippen molar-refractivity contribution in [1.29, 1.82) is 0 Å². The van der Waals surface area contributed by atoms with Crippen LogP contribution in [0.3, 0.4) is 0 Å². The van der Waals surface area contributed by atoms with Crippen LogP contribution in [0.15, 0.2) is 24.3 Å². The zero-order valence-corrected chi connectivity index (χ0v) is 9.67. The third kappa shape index (κ3) is 4.57. The Kier molecular flexibility index (Phi) is 4.47. The minimum absolute atomic E-state index is 0.0317. The molecule has 0 unspecified atom stereocenters. The molecular formula is C12H12F3NO2. The number of carbonyl (C=O) groups is 2. The number of carbonyl (C=O) groups excluding carboxylic acids is 2. The summed E-state index contributed by atoms with van der Waals surface area (Å²) in [5.74, 6) is -0.795. The van der Waals surface area contributed by atoms with Crippen LogP contribution in [-0.4, -0.2) is 11.7 Å². The molecule has 1 amide bonds. The molecule has 0 aliphatic heterocycles. The topological polar surface area (TPSA) is 46.2 Å². The van der Waals surface area contributed by atoms with Gasteiger partial charge in [0.05, 0.1) is 12.0 Å². The second-order valence-corrected chi connectivity index (χ2v) is 3.85. The predicted octanol–water partition coefficient (Wildman–Crippen LogP) is 2.30. The number of nitrogens with one attached hydrogen (secondary N) is 1. The zero-order chi connectivity index (χ0) is 13.8. The van der Waals surface area contributed by atoms with E-state index in [-0.39, 0.29) is 18.7 Å². The highest BCUT2D eigenvalue weighted by atomic mass is 19.4. The largest absolute Gasteiger partial charge is 0.416 e. The van der Waals surface area contributed by atoms with Crippen LogP contribution in [0.2, 0.25) is 0 Å². The quantitative estimate of drug-likeness (QED) is 0.843. The van der Waals surface area contributed by atoms with Crippen molar-refractivity contribution in [3.8, 4) is 0 Å². The van der Waals surface area contributed by atoms with Gasteiger partial charge in [0.25, 0.3) is 0 Å². The van der Waals surface area contributed by atoms with E-state index in [2.05, 4.69) is 5.32 Å².